The summed E-state index contributed by atoms with van der Waals surface area (Å²) in [5, 5.41) is 7.32. The molecule has 28 heavy (non-hydrogen) atoms. The predicted octanol–water partition coefficient (Wildman–Crippen LogP) is 3.29. The molecular formula is C20H21N7O. The van der Waals surface area contributed by atoms with Crippen LogP contribution in [-0.4, -0.2) is 41.6 Å². The molecule has 4 aromatic rings. The molecule has 1 atom stereocenters. The van der Waals surface area contributed by atoms with Crippen LogP contribution < -0.4 is 5.32 Å². The summed E-state index contributed by atoms with van der Waals surface area (Å²) < 4.78 is 3.77. The lowest BCUT2D eigenvalue weighted by molar-refractivity contribution is 0.204. The highest BCUT2D eigenvalue weighted by Crippen LogP contribution is 2.33. The molecule has 1 fully saturated rings. The van der Waals surface area contributed by atoms with Gasteiger partial charge in [-0.05, 0) is 44.0 Å². The van der Waals surface area contributed by atoms with Gasteiger partial charge in [0.25, 0.3) is 0 Å². The first-order valence-electron chi connectivity index (χ1n) is 9.43. The average molecular weight is 375 g/mol. The van der Waals surface area contributed by atoms with Gasteiger partial charge in [0, 0.05) is 19.8 Å². The maximum Gasteiger partial charge on any atom is 0.322 e. The number of imidazole rings is 1. The zero-order chi connectivity index (χ0) is 19.3. The Bertz CT molecular complexity index is 1190. The molecule has 1 aromatic carbocycles. The highest BCUT2D eigenvalue weighted by Gasteiger charge is 2.33. The van der Waals surface area contributed by atoms with Crippen molar-refractivity contribution in [1.82, 2.24) is 29.0 Å². The number of carbonyl (C=O) groups is 1. The van der Waals surface area contributed by atoms with Gasteiger partial charge in [-0.25, -0.2) is 19.3 Å². The van der Waals surface area contributed by atoms with Crippen molar-refractivity contribution in [2.75, 3.05) is 11.9 Å². The number of nitrogens with zero attached hydrogens (tertiary/aromatic N) is 6. The lowest BCUT2D eigenvalue weighted by Crippen LogP contribution is -2.35. The molecule has 0 radical (unpaired) electrons. The monoisotopic (exact) mass is 375 g/mol. The number of aromatic nitrogens is 5. The van der Waals surface area contributed by atoms with Crippen molar-refractivity contribution in [3.8, 4) is 0 Å². The zero-order valence-corrected chi connectivity index (χ0v) is 15.8. The van der Waals surface area contributed by atoms with E-state index in [1.54, 1.807) is 4.52 Å². The lowest BCUT2D eigenvalue weighted by Gasteiger charge is -2.24. The molecule has 1 aliphatic rings. The summed E-state index contributed by atoms with van der Waals surface area (Å²) in [5.74, 6) is 1.59. The molecular weight excluding hydrogens is 354 g/mol. The summed E-state index contributed by atoms with van der Waals surface area (Å²) >= 11 is 0. The number of hydrogen-bond acceptors (Lipinski definition) is 4. The number of rotatable bonds is 2. The number of amides is 2. The van der Waals surface area contributed by atoms with Crippen LogP contribution in [0.15, 0.2) is 42.6 Å². The number of pyridine rings is 1. The van der Waals surface area contributed by atoms with Crippen molar-refractivity contribution in [2.24, 2.45) is 7.05 Å². The van der Waals surface area contributed by atoms with Crippen molar-refractivity contribution < 1.29 is 4.79 Å². The second-order valence-corrected chi connectivity index (χ2v) is 7.15. The summed E-state index contributed by atoms with van der Waals surface area (Å²) in [5.41, 5.74) is 3.33. The number of benzene rings is 1. The molecule has 1 saturated heterocycles. The highest BCUT2D eigenvalue weighted by molar-refractivity contribution is 5.93. The first-order valence-corrected chi connectivity index (χ1v) is 9.43. The van der Waals surface area contributed by atoms with Gasteiger partial charge in [0.05, 0.1) is 22.8 Å². The molecule has 0 saturated carbocycles. The number of nitrogens with one attached hydrogen (secondary N) is 1. The van der Waals surface area contributed by atoms with E-state index in [0.29, 0.717) is 23.7 Å². The van der Waals surface area contributed by atoms with E-state index in [9.17, 15) is 4.79 Å². The third kappa shape index (κ3) is 2.60. The third-order valence-corrected chi connectivity index (χ3v) is 5.34. The Balaban J connectivity index is 1.46. The molecule has 8 heteroatoms. The van der Waals surface area contributed by atoms with Gasteiger partial charge in [-0.2, -0.15) is 5.10 Å². The van der Waals surface area contributed by atoms with Crippen LogP contribution in [-0.2, 0) is 7.05 Å². The smallest absolute Gasteiger partial charge is 0.322 e. The van der Waals surface area contributed by atoms with Crippen LogP contribution in [0.25, 0.3) is 16.7 Å². The van der Waals surface area contributed by atoms with Gasteiger partial charge < -0.3 is 14.8 Å². The molecule has 0 unspecified atom stereocenters. The molecule has 3 aromatic heterocycles. The van der Waals surface area contributed by atoms with Crippen LogP contribution in [0.4, 0.5) is 10.5 Å². The predicted molar refractivity (Wildman–Crippen MR) is 106 cm³/mol. The minimum Gasteiger partial charge on any atom is -0.329 e. The Labute approximate surface area is 161 Å². The van der Waals surface area contributed by atoms with Gasteiger partial charge in [0.1, 0.15) is 11.6 Å². The fourth-order valence-corrected chi connectivity index (χ4v) is 4.04. The van der Waals surface area contributed by atoms with Crippen LogP contribution >= 0.6 is 0 Å². The van der Waals surface area contributed by atoms with Gasteiger partial charge in [-0.15, -0.1) is 0 Å². The maximum absolute atomic E-state index is 13.1. The summed E-state index contributed by atoms with van der Waals surface area (Å²) in [4.78, 5) is 24.2. The molecule has 1 aliphatic heterocycles. The van der Waals surface area contributed by atoms with Crippen LogP contribution in [0.5, 0.6) is 0 Å². The SMILES string of the molecule is Cc1nc2c(NC(=O)N3CCC[C@@H]3c3nc4ccccc4n3C)cccn2n1. The molecule has 1 N–H and O–H groups in total. The fourth-order valence-electron chi connectivity index (χ4n) is 4.04. The molecule has 2 amide bonds. The van der Waals surface area contributed by atoms with E-state index in [1.807, 2.05) is 55.4 Å². The number of fused-ring (bicyclic) bond motifs is 2. The van der Waals surface area contributed by atoms with Crippen LogP contribution in [0.3, 0.4) is 0 Å². The topological polar surface area (TPSA) is 80.4 Å². The Morgan fingerprint density at radius 1 is 1.18 bits per heavy atom. The van der Waals surface area contributed by atoms with Crippen LogP contribution in [0, 0.1) is 6.92 Å². The molecule has 8 nitrogen and oxygen atoms in total. The summed E-state index contributed by atoms with van der Waals surface area (Å²) in [6, 6.07) is 11.6. The number of para-hydroxylation sites is 2. The highest BCUT2D eigenvalue weighted by atomic mass is 16.2. The van der Waals surface area contributed by atoms with E-state index < -0.39 is 0 Å². The van der Waals surface area contributed by atoms with Crippen molar-refractivity contribution >= 4 is 28.4 Å². The molecule has 0 aliphatic carbocycles. The molecule has 0 spiro atoms. The quantitative estimate of drug-likeness (QED) is 0.583. The van der Waals surface area contributed by atoms with E-state index in [2.05, 4.69) is 26.0 Å². The van der Waals surface area contributed by atoms with E-state index in [-0.39, 0.29) is 12.1 Å². The molecule has 0 bridgehead atoms. The van der Waals surface area contributed by atoms with Gasteiger partial charge in [-0.1, -0.05) is 12.1 Å². The summed E-state index contributed by atoms with van der Waals surface area (Å²) in [6.45, 7) is 2.54. The average Bonchev–Trinajstić information content (AvgIpc) is 3.39. The van der Waals surface area contributed by atoms with Crippen LogP contribution in [0.1, 0.15) is 30.5 Å². The Morgan fingerprint density at radius 2 is 2.04 bits per heavy atom. The lowest BCUT2D eigenvalue weighted by atomic mass is 10.2. The van der Waals surface area contributed by atoms with Crippen LogP contribution in [0.2, 0.25) is 0 Å². The normalized spacial score (nSPS) is 16.9. The summed E-state index contributed by atoms with van der Waals surface area (Å²) in [6.07, 6.45) is 3.68. The fraction of sp³-hybridized carbons (Fsp3) is 0.300. The van der Waals surface area contributed by atoms with Crippen molar-refractivity contribution in [1.29, 1.82) is 0 Å². The van der Waals surface area contributed by atoms with E-state index in [1.165, 1.54) is 0 Å². The number of likely N-dealkylation sites (tertiary alicyclic amines) is 1. The number of hydrogen-bond donors (Lipinski definition) is 1. The molecule has 5 rings (SSSR count). The third-order valence-electron chi connectivity index (χ3n) is 5.34. The van der Waals surface area contributed by atoms with E-state index >= 15 is 0 Å². The van der Waals surface area contributed by atoms with Gasteiger partial charge in [-0.3, -0.25) is 0 Å². The van der Waals surface area contributed by atoms with Gasteiger partial charge >= 0.3 is 6.03 Å². The maximum atomic E-state index is 13.1. The molecule has 4 heterocycles. The Kier molecular flexibility index (Phi) is 3.78. The first kappa shape index (κ1) is 16.7. The Hall–Kier alpha value is -3.42. The minimum absolute atomic E-state index is 0.0447. The minimum atomic E-state index is -0.136. The first-order chi connectivity index (χ1) is 13.6. The number of carbonyl (C=O) groups excluding carboxylic acids is 1. The number of aryl methyl sites for hydroxylation is 2. The second-order valence-electron chi connectivity index (χ2n) is 7.15. The Morgan fingerprint density at radius 3 is 2.89 bits per heavy atom. The van der Waals surface area contributed by atoms with Gasteiger partial charge in [0.2, 0.25) is 0 Å². The zero-order valence-electron chi connectivity index (χ0n) is 15.8. The van der Waals surface area contributed by atoms with Crippen molar-refractivity contribution in [2.45, 2.75) is 25.8 Å². The van der Waals surface area contributed by atoms with Crippen molar-refractivity contribution in [3.63, 3.8) is 0 Å². The number of urea groups is 1. The standard InChI is InChI=1S/C20H21N7O/c1-13-21-18-15(8-5-12-27(18)24-13)23-20(28)26-11-6-10-17(26)19-22-14-7-3-4-9-16(14)25(19)2/h3-5,7-9,12,17H,6,10-11H2,1-2H3,(H,23,28)/t17-/m1/s1. The van der Waals surface area contributed by atoms with Gasteiger partial charge in [0.15, 0.2) is 5.65 Å². The largest absolute Gasteiger partial charge is 0.329 e. The second kappa shape index (κ2) is 6.33. The van der Waals surface area contributed by atoms with E-state index in [0.717, 1.165) is 29.7 Å². The number of anilines is 1. The van der Waals surface area contributed by atoms with Crippen molar-refractivity contribution in [3.05, 3.63) is 54.2 Å². The summed E-state index contributed by atoms with van der Waals surface area (Å²) in [7, 11) is 2.01. The molecule has 142 valence electrons. The van der Waals surface area contributed by atoms with E-state index in [4.69, 9.17) is 4.98 Å².